The van der Waals surface area contributed by atoms with E-state index in [0.29, 0.717) is 5.92 Å². The van der Waals surface area contributed by atoms with Crippen molar-refractivity contribution in [3.63, 3.8) is 0 Å². The summed E-state index contributed by atoms with van der Waals surface area (Å²) in [7, 11) is 0. The van der Waals surface area contributed by atoms with Crippen molar-refractivity contribution in [1.29, 1.82) is 0 Å². The summed E-state index contributed by atoms with van der Waals surface area (Å²) in [5.41, 5.74) is 0.146. The lowest BCUT2D eigenvalue weighted by molar-refractivity contribution is -0.117. The molecule has 1 aliphatic heterocycles. The first-order valence-electron chi connectivity index (χ1n) is 8.67. The van der Waals surface area contributed by atoms with Gasteiger partial charge in [-0.05, 0) is 46.1 Å². The van der Waals surface area contributed by atoms with E-state index >= 15 is 0 Å². The van der Waals surface area contributed by atoms with E-state index in [1.54, 1.807) is 13.8 Å². The van der Waals surface area contributed by atoms with Crippen LogP contribution in [0.25, 0.3) is 0 Å². The van der Waals surface area contributed by atoms with E-state index in [1.807, 2.05) is 0 Å². The van der Waals surface area contributed by atoms with Crippen molar-refractivity contribution in [2.24, 2.45) is 5.92 Å². The predicted octanol–water partition coefficient (Wildman–Crippen LogP) is 2.64. The lowest BCUT2D eigenvalue weighted by atomic mass is 10.0. The molecule has 2 heterocycles. The van der Waals surface area contributed by atoms with Gasteiger partial charge in [0.1, 0.15) is 11.3 Å². The van der Waals surface area contributed by atoms with E-state index in [0.717, 1.165) is 19.5 Å². The second-order valence-corrected chi connectivity index (χ2v) is 6.54. The Morgan fingerprint density at radius 1 is 1.32 bits per heavy atom. The normalized spacial score (nSPS) is 18.0. The maximum absolute atomic E-state index is 12.4. The number of nitrogens with zero attached hydrogens (tertiary/aromatic N) is 1. The molecule has 1 saturated heterocycles. The summed E-state index contributed by atoms with van der Waals surface area (Å²) in [6, 6.07) is 0. The Morgan fingerprint density at radius 2 is 2.04 bits per heavy atom. The van der Waals surface area contributed by atoms with E-state index in [9.17, 15) is 14.4 Å². The number of carbonyl (C=O) groups excluding carboxylic acids is 3. The molecule has 25 heavy (non-hydrogen) atoms. The van der Waals surface area contributed by atoms with Gasteiger partial charge in [0.2, 0.25) is 11.8 Å². The molecule has 1 aliphatic rings. The van der Waals surface area contributed by atoms with Crippen LogP contribution in [0.15, 0.2) is 4.42 Å². The van der Waals surface area contributed by atoms with Crippen molar-refractivity contribution in [3.8, 4) is 0 Å². The Morgan fingerprint density at radius 3 is 2.64 bits per heavy atom. The number of piperidine rings is 1. The molecule has 0 spiro atoms. The van der Waals surface area contributed by atoms with Gasteiger partial charge in [0.15, 0.2) is 5.78 Å². The Bertz CT molecular complexity index is 665. The number of ether oxygens (including phenoxy) is 1. The zero-order valence-electron chi connectivity index (χ0n) is 15.3. The van der Waals surface area contributed by atoms with Crippen LogP contribution < -0.4 is 5.32 Å². The number of rotatable bonds is 6. The number of amides is 1. The number of Topliss-reactive ketones (excluding diaryl/α,β-unsaturated/α-hetero) is 1. The van der Waals surface area contributed by atoms with Crippen LogP contribution in [0.4, 0.5) is 5.88 Å². The monoisotopic (exact) mass is 350 g/mol. The maximum atomic E-state index is 12.4. The third-order valence-electron chi connectivity index (χ3n) is 4.28. The van der Waals surface area contributed by atoms with Gasteiger partial charge in [0, 0.05) is 6.54 Å². The molecule has 0 aliphatic carbocycles. The lowest BCUT2D eigenvalue weighted by Crippen LogP contribution is -2.39. The van der Waals surface area contributed by atoms with E-state index in [-0.39, 0.29) is 47.6 Å². The Kier molecular flexibility index (Phi) is 6.36. The lowest BCUT2D eigenvalue weighted by Gasteiger charge is -2.29. The minimum atomic E-state index is -0.675. The van der Waals surface area contributed by atoms with Gasteiger partial charge in [-0.1, -0.05) is 6.92 Å². The first-order chi connectivity index (χ1) is 11.8. The van der Waals surface area contributed by atoms with Crippen LogP contribution in [-0.2, 0) is 9.53 Å². The van der Waals surface area contributed by atoms with Crippen LogP contribution in [-0.4, -0.2) is 48.8 Å². The Balaban J connectivity index is 2.17. The summed E-state index contributed by atoms with van der Waals surface area (Å²) < 4.78 is 10.5. The van der Waals surface area contributed by atoms with Crippen LogP contribution in [0.5, 0.6) is 0 Å². The van der Waals surface area contributed by atoms with Gasteiger partial charge in [-0.2, -0.15) is 0 Å². The van der Waals surface area contributed by atoms with Gasteiger partial charge >= 0.3 is 5.97 Å². The third-order valence-corrected chi connectivity index (χ3v) is 4.28. The predicted molar refractivity (Wildman–Crippen MR) is 92.9 cm³/mol. The molecule has 7 nitrogen and oxygen atoms in total. The molecule has 1 atom stereocenters. The van der Waals surface area contributed by atoms with Crippen molar-refractivity contribution < 1.29 is 23.5 Å². The van der Waals surface area contributed by atoms with E-state index in [4.69, 9.17) is 9.15 Å². The van der Waals surface area contributed by atoms with Gasteiger partial charge in [0.25, 0.3) is 0 Å². The molecule has 0 saturated carbocycles. The fourth-order valence-electron chi connectivity index (χ4n) is 3.25. The number of anilines is 1. The molecule has 138 valence electrons. The number of likely N-dealkylation sites (tertiary alicyclic amines) is 1. The van der Waals surface area contributed by atoms with Crippen LogP contribution in [0, 0.1) is 12.8 Å². The Labute approximate surface area is 147 Å². The molecule has 2 rings (SSSR count). The fourth-order valence-corrected chi connectivity index (χ4v) is 3.25. The number of ketones is 1. The Hall–Kier alpha value is -2.15. The maximum Gasteiger partial charge on any atom is 0.344 e. The number of nitrogens with one attached hydrogen (secondary N) is 1. The summed E-state index contributed by atoms with van der Waals surface area (Å²) in [5.74, 6) is -0.426. The number of aryl methyl sites for hydroxylation is 1. The number of furan rings is 1. The third kappa shape index (κ3) is 4.69. The van der Waals surface area contributed by atoms with Crippen LogP contribution in [0.3, 0.4) is 0 Å². The highest BCUT2D eigenvalue weighted by atomic mass is 16.5. The molecule has 7 heteroatoms. The average molecular weight is 350 g/mol. The molecule has 0 bridgehead atoms. The van der Waals surface area contributed by atoms with Crippen LogP contribution in [0.2, 0.25) is 0 Å². The summed E-state index contributed by atoms with van der Waals surface area (Å²) in [5, 5.41) is 2.63. The zero-order valence-corrected chi connectivity index (χ0v) is 15.3. The fraction of sp³-hybridized carbons (Fsp3) is 0.611. The number of esters is 1. The topological polar surface area (TPSA) is 88.8 Å². The molecule has 1 fully saturated rings. The standard InChI is InChI=1S/C18H26N2O5/c1-5-24-18(23)16-15(12(3)21)13(4)25-17(16)19-14(22)10-20-8-6-7-11(2)9-20/h11H,5-10H2,1-4H3,(H,19,22)/t11-/m0/s1. The smallest absolute Gasteiger partial charge is 0.344 e. The summed E-state index contributed by atoms with van der Waals surface area (Å²) in [4.78, 5) is 38.5. The first kappa shape index (κ1) is 19.2. The van der Waals surface area contributed by atoms with E-state index in [2.05, 4.69) is 17.1 Å². The summed E-state index contributed by atoms with van der Waals surface area (Å²) >= 11 is 0. The van der Waals surface area contributed by atoms with Crippen molar-refractivity contribution in [1.82, 2.24) is 4.90 Å². The SMILES string of the molecule is CCOC(=O)c1c(NC(=O)CN2CCC[C@H](C)C2)oc(C)c1C(C)=O. The largest absolute Gasteiger partial charge is 0.462 e. The summed E-state index contributed by atoms with van der Waals surface area (Å²) in [6.07, 6.45) is 2.24. The highest BCUT2D eigenvalue weighted by molar-refractivity contribution is 6.10. The number of carbonyl (C=O) groups is 3. The molecule has 1 aromatic rings. The molecular formula is C18H26N2O5. The molecule has 0 unspecified atom stereocenters. The van der Waals surface area contributed by atoms with Gasteiger partial charge in [-0.15, -0.1) is 0 Å². The van der Waals surface area contributed by atoms with Crippen molar-refractivity contribution >= 4 is 23.5 Å². The molecule has 1 N–H and O–H groups in total. The number of hydrogen-bond acceptors (Lipinski definition) is 6. The zero-order chi connectivity index (χ0) is 18.6. The van der Waals surface area contributed by atoms with E-state index < -0.39 is 5.97 Å². The number of hydrogen-bond donors (Lipinski definition) is 1. The minimum absolute atomic E-state index is 0.00721. The molecule has 0 radical (unpaired) electrons. The molecule has 1 aromatic heterocycles. The van der Waals surface area contributed by atoms with Crippen molar-refractivity contribution in [2.45, 2.75) is 40.5 Å². The van der Waals surface area contributed by atoms with Gasteiger partial charge in [-0.3, -0.25) is 19.8 Å². The minimum Gasteiger partial charge on any atom is -0.462 e. The molecule has 0 aromatic carbocycles. The molecule has 1 amide bonds. The average Bonchev–Trinajstić information content (AvgIpc) is 2.83. The summed E-state index contributed by atoms with van der Waals surface area (Å²) in [6.45, 7) is 8.91. The van der Waals surface area contributed by atoms with Gasteiger partial charge < -0.3 is 9.15 Å². The quantitative estimate of drug-likeness (QED) is 0.627. The van der Waals surface area contributed by atoms with Crippen LogP contribution >= 0.6 is 0 Å². The van der Waals surface area contributed by atoms with Crippen molar-refractivity contribution in [2.75, 3.05) is 31.6 Å². The highest BCUT2D eigenvalue weighted by Gasteiger charge is 2.29. The van der Waals surface area contributed by atoms with Gasteiger partial charge in [-0.25, -0.2) is 4.79 Å². The van der Waals surface area contributed by atoms with Gasteiger partial charge in [0.05, 0.1) is 18.7 Å². The second-order valence-electron chi connectivity index (χ2n) is 6.54. The molecular weight excluding hydrogens is 324 g/mol. The second kappa shape index (κ2) is 8.29. The van der Waals surface area contributed by atoms with E-state index in [1.165, 1.54) is 13.3 Å². The first-order valence-corrected chi connectivity index (χ1v) is 8.67. The van der Waals surface area contributed by atoms with Crippen LogP contribution in [0.1, 0.15) is 60.1 Å². The van der Waals surface area contributed by atoms with Crippen molar-refractivity contribution in [3.05, 3.63) is 16.9 Å². The highest BCUT2D eigenvalue weighted by Crippen LogP contribution is 2.28.